The van der Waals surface area contributed by atoms with Crippen LogP contribution in [0.15, 0.2) is 23.2 Å². The fourth-order valence-electron chi connectivity index (χ4n) is 4.21. The molecule has 146 valence electrons. The Bertz CT molecular complexity index is 605. The van der Waals surface area contributed by atoms with Crippen molar-refractivity contribution in [1.29, 1.82) is 0 Å². The molecule has 6 heteroatoms. The van der Waals surface area contributed by atoms with E-state index in [0.29, 0.717) is 31.4 Å². The predicted octanol–water partition coefficient (Wildman–Crippen LogP) is 3.67. The lowest BCUT2D eigenvalue weighted by Crippen LogP contribution is -2.45. The lowest BCUT2D eigenvalue weighted by molar-refractivity contribution is -0.170. The van der Waals surface area contributed by atoms with Gasteiger partial charge in [0.1, 0.15) is 12.4 Å². The maximum Gasteiger partial charge on any atom is 0.313 e. The van der Waals surface area contributed by atoms with E-state index < -0.39 is 23.3 Å². The molecule has 0 bridgehead atoms. The summed E-state index contributed by atoms with van der Waals surface area (Å²) in [6, 6.07) is 0. The third-order valence-corrected chi connectivity index (χ3v) is 5.92. The summed E-state index contributed by atoms with van der Waals surface area (Å²) in [7, 11) is 3.20. The van der Waals surface area contributed by atoms with Crippen LogP contribution in [0.4, 0.5) is 0 Å². The van der Waals surface area contributed by atoms with Gasteiger partial charge in [0.15, 0.2) is 0 Å². The van der Waals surface area contributed by atoms with Gasteiger partial charge in [-0.3, -0.25) is 9.59 Å². The minimum Gasteiger partial charge on any atom is -0.501 e. The average Bonchev–Trinajstić information content (AvgIpc) is 2.65. The number of methoxy groups -OCH3 is 2. The maximum atomic E-state index is 12.9. The van der Waals surface area contributed by atoms with Gasteiger partial charge in [-0.25, -0.2) is 0 Å². The van der Waals surface area contributed by atoms with Gasteiger partial charge in [0.25, 0.3) is 0 Å². The zero-order valence-corrected chi connectivity index (χ0v) is 16.2. The van der Waals surface area contributed by atoms with Crippen LogP contribution in [0.3, 0.4) is 0 Å². The molecular weight excluding hydrogens is 336 g/mol. The van der Waals surface area contributed by atoms with Crippen molar-refractivity contribution in [2.75, 3.05) is 20.8 Å². The Hall–Kier alpha value is -1.98. The van der Waals surface area contributed by atoms with E-state index in [-0.39, 0.29) is 12.5 Å². The first-order chi connectivity index (χ1) is 12.4. The molecule has 0 radical (unpaired) electrons. The molecule has 0 amide bonds. The Balaban J connectivity index is 2.19. The molecule has 2 aliphatic carbocycles. The van der Waals surface area contributed by atoms with Crippen LogP contribution in [-0.4, -0.2) is 37.9 Å². The smallest absolute Gasteiger partial charge is 0.313 e. The lowest BCUT2D eigenvalue weighted by Gasteiger charge is -2.39. The molecule has 0 saturated heterocycles. The van der Waals surface area contributed by atoms with Crippen molar-refractivity contribution in [3.8, 4) is 0 Å². The van der Waals surface area contributed by atoms with Gasteiger partial charge in [-0.05, 0) is 25.2 Å². The molecule has 6 nitrogen and oxygen atoms in total. The second kappa shape index (κ2) is 8.60. The quantitative estimate of drug-likeness (QED) is 0.692. The van der Waals surface area contributed by atoms with Crippen molar-refractivity contribution >= 4 is 11.9 Å². The molecule has 26 heavy (non-hydrogen) atoms. The number of rotatable bonds is 7. The molecule has 1 unspecified atom stereocenters. The molecule has 0 heterocycles. The molecule has 0 aromatic carbocycles. The van der Waals surface area contributed by atoms with Gasteiger partial charge in [-0.15, -0.1) is 0 Å². The molecule has 2 rings (SSSR count). The highest BCUT2D eigenvalue weighted by atomic mass is 16.5. The summed E-state index contributed by atoms with van der Waals surface area (Å²) < 4.78 is 16.4. The Morgan fingerprint density at radius 1 is 1.27 bits per heavy atom. The van der Waals surface area contributed by atoms with E-state index in [1.807, 2.05) is 19.9 Å². The van der Waals surface area contributed by atoms with Crippen molar-refractivity contribution < 1.29 is 28.9 Å². The highest BCUT2D eigenvalue weighted by molar-refractivity contribution is 5.85. The summed E-state index contributed by atoms with van der Waals surface area (Å²) in [4.78, 5) is 24.6. The zero-order valence-electron chi connectivity index (χ0n) is 16.2. The standard InChI is InChI=1S/C20H30O6/c1-5-20(9-7-6-8-16(20)18(21)22)19(23)26-12-15-13(2)10-14(24-3)11-17(15)25-4/h11,13,16H,5-10,12H2,1-4H3,(H,21,22)/t13?,16-,20-/m0/s1. The van der Waals surface area contributed by atoms with Crippen molar-refractivity contribution in [2.45, 2.75) is 52.4 Å². The number of carboxylic acid groups (broad SMARTS) is 1. The minimum atomic E-state index is -0.927. The predicted molar refractivity (Wildman–Crippen MR) is 96.2 cm³/mol. The van der Waals surface area contributed by atoms with Crippen LogP contribution in [0.25, 0.3) is 0 Å². The number of carbonyl (C=O) groups is 2. The summed E-state index contributed by atoms with van der Waals surface area (Å²) in [5.74, 6) is -0.377. The summed E-state index contributed by atoms with van der Waals surface area (Å²) in [5.41, 5.74) is -0.0286. The van der Waals surface area contributed by atoms with Gasteiger partial charge in [0.05, 0.1) is 31.3 Å². The number of allylic oxidation sites excluding steroid dienone is 2. The number of aliphatic carboxylic acids is 1. The van der Waals surface area contributed by atoms with Crippen LogP contribution >= 0.6 is 0 Å². The molecular formula is C20H30O6. The Kier molecular flexibility index (Phi) is 6.73. The van der Waals surface area contributed by atoms with E-state index >= 15 is 0 Å². The fourth-order valence-corrected chi connectivity index (χ4v) is 4.21. The van der Waals surface area contributed by atoms with E-state index in [0.717, 1.165) is 24.2 Å². The van der Waals surface area contributed by atoms with Crippen LogP contribution in [0.2, 0.25) is 0 Å². The van der Waals surface area contributed by atoms with Crippen LogP contribution < -0.4 is 0 Å². The van der Waals surface area contributed by atoms with Crippen LogP contribution in [0.1, 0.15) is 52.4 Å². The van der Waals surface area contributed by atoms with E-state index in [9.17, 15) is 14.7 Å². The summed E-state index contributed by atoms with van der Waals surface area (Å²) in [5, 5.41) is 9.59. The van der Waals surface area contributed by atoms with Crippen LogP contribution in [0.5, 0.6) is 0 Å². The van der Waals surface area contributed by atoms with Gasteiger partial charge in [-0.1, -0.05) is 26.7 Å². The molecule has 0 aromatic heterocycles. The first-order valence-corrected chi connectivity index (χ1v) is 9.31. The number of esters is 1. The fraction of sp³-hybridized carbons (Fsp3) is 0.700. The molecule has 1 N–H and O–H groups in total. The number of hydrogen-bond acceptors (Lipinski definition) is 5. The third kappa shape index (κ3) is 3.89. The second-order valence-corrected chi connectivity index (χ2v) is 7.24. The second-order valence-electron chi connectivity index (χ2n) is 7.24. The van der Waals surface area contributed by atoms with Crippen LogP contribution in [0, 0.1) is 17.3 Å². The van der Waals surface area contributed by atoms with E-state index in [1.54, 1.807) is 14.2 Å². The first-order valence-electron chi connectivity index (χ1n) is 9.31. The maximum absolute atomic E-state index is 12.9. The highest BCUT2D eigenvalue weighted by Gasteiger charge is 2.50. The minimum absolute atomic E-state index is 0.116. The normalized spacial score (nSPS) is 29.0. The summed E-state index contributed by atoms with van der Waals surface area (Å²) in [6.07, 6.45) is 5.80. The Morgan fingerprint density at radius 3 is 2.58 bits per heavy atom. The van der Waals surface area contributed by atoms with Gasteiger partial charge in [0.2, 0.25) is 0 Å². The molecule has 0 aliphatic heterocycles. The van der Waals surface area contributed by atoms with Crippen molar-refractivity contribution in [1.82, 2.24) is 0 Å². The van der Waals surface area contributed by atoms with Gasteiger partial charge >= 0.3 is 11.9 Å². The molecule has 0 spiro atoms. The van der Waals surface area contributed by atoms with Gasteiger partial charge in [0, 0.05) is 18.1 Å². The summed E-state index contributed by atoms with van der Waals surface area (Å²) in [6.45, 7) is 4.02. The average molecular weight is 366 g/mol. The monoisotopic (exact) mass is 366 g/mol. The molecule has 0 aromatic rings. The molecule has 3 atom stereocenters. The Labute approximate surface area is 155 Å². The number of carbonyl (C=O) groups excluding carboxylic acids is 1. The van der Waals surface area contributed by atoms with Crippen molar-refractivity contribution in [3.05, 3.63) is 23.2 Å². The number of carboxylic acids is 1. The van der Waals surface area contributed by atoms with Crippen molar-refractivity contribution in [3.63, 3.8) is 0 Å². The zero-order chi connectivity index (χ0) is 19.3. The Morgan fingerprint density at radius 2 is 2.00 bits per heavy atom. The van der Waals surface area contributed by atoms with E-state index in [4.69, 9.17) is 14.2 Å². The van der Waals surface area contributed by atoms with E-state index in [1.165, 1.54) is 0 Å². The molecule has 1 fully saturated rings. The number of hydrogen-bond donors (Lipinski definition) is 1. The first kappa shape index (κ1) is 20.3. The molecule has 1 saturated carbocycles. The third-order valence-electron chi connectivity index (χ3n) is 5.92. The topological polar surface area (TPSA) is 82.1 Å². The number of ether oxygens (including phenoxy) is 3. The van der Waals surface area contributed by atoms with Gasteiger partial charge < -0.3 is 19.3 Å². The highest BCUT2D eigenvalue weighted by Crippen LogP contribution is 2.45. The lowest BCUT2D eigenvalue weighted by atomic mass is 9.64. The van der Waals surface area contributed by atoms with E-state index in [2.05, 4.69) is 0 Å². The largest absolute Gasteiger partial charge is 0.501 e. The SMILES string of the molecule is CC[C@]1(C(=O)OCC2=C(OC)C=C(OC)CC2C)CCCC[C@H]1C(=O)O. The van der Waals surface area contributed by atoms with Gasteiger partial charge in [-0.2, -0.15) is 0 Å². The summed E-state index contributed by atoms with van der Waals surface area (Å²) >= 11 is 0. The van der Waals surface area contributed by atoms with Crippen LogP contribution in [-0.2, 0) is 23.8 Å². The molecule has 2 aliphatic rings. The van der Waals surface area contributed by atoms with Crippen molar-refractivity contribution in [2.24, 2.45) is 17.3 Å².